The number of rotatable bonds is 21. The fourth-order valence-corrected chi connectivity index (χ4v) is 8.78. The van der Waals surface area contributed by atoms with Crippen molar-refractivity contribution in [3.05, 3.63) is 214 Å². The Kier molecular flexibility index (Phi) is 15.2. The van der Waals surface area contributed by atoms with Gasteiger partial charge in [0.1, 0.15) is 30.4 Å². The summed E-state index contributed by atoms with van der Waals surface area (Å²) in [6.07, 6.45) is -0.379. The van der Waals surface area contributed by atoms with Crippen molar-refractivity contribution in [1.29, 1.82) is 0 Å². The van der Waals surface area contributed by atoms with Gasteiger partial charge in [0.15, 0.2) is 0 Å². The van der Waals surface area contributed by atoms with E-state index in [9.17, 15) is 34.6 Å². The number of ether oxygens (including phenoxy) is 2. The van der Waals surface area contributed by atoms with E-state index in [-0.39, 0.29) is 43.0 Å². The van der Waals surface area contributed by atoms with Crippen molar-refractivity contribution in [2.75, 3.05) is 26.6 Å². The van der Waals surface area contributed by atoms with E-state index in [4.69, 9.17) is 18.5 Å². The van der Waals surface area contributed by atoms with E-state index < -0.39 is 59.3 Å². The molecular formula is C46H46N5O12P. The third-order valence-corrected chi connectivity index (χ3v) is 12.2. The molecule has 18 heteroatoms. The predicted molar refractivity (Wildman–Crippen MR) is 237 cm³/mol. The molecule has 0 saturated heterocycles. The Balaban J connectivity index is 1.41. The zero-order valence-electron chi connectivity index (χ0n) is 35.2. The molecule has 0 radical (unpaired) electrons. The van der Waals surface area contributed by atoms with Crippen molar-refractivity contribution in [3.63, 3.8) is 0 Å². The molecule has 64 heavy (non-hydrogen) atoms. The number of H-pyrrole nitrogens is 1. The molecule has 1 amide bonds. The number of carbonyl (C=O) groups excluding carboxylic acids is 1. The minimum absolute atomic E-state index is 0.110. The number of hydrogen-bond acceptors (Lipinski definition) is 12. The van der Waals surface area contributed by atoms with Crippen molar-refractivity contribution in [3.8, 4) is 5.75 Å². The van der Waals surface area contributed by atoms with Crippen LogP contribution in [0.1, 0.15) is 40.3 Å². The third-order valence-electron chi connectivity index (χ3n) is 10.4. The quantitative estimate of drug-likeness (QED) is 0.0244. The van der Waals surface area contributed by atoms with Gasteiger partial charge in [-0.25, -0.2) is 4.79 Å². The maximum atomic E-state index is 15.2. The number of nitrogens with zero attached hydrogens (tertiary/aromatic N) is 4. The highest BCUT2D eigenvalue weighted by molar-refractivity contribution is 7.53. The van der Waals surface area contributed by atoms with Gasteiger partial charge in [-0.15, -0.1) is 0 Å². The Hall–Kier alpha value is -7.04. The number of aromatic nitrogens is 2. The van der Waals surface area contributed by atoms with Crippen LogP contribution in [0.5, 0.6) is 5.75 Å². The predicted octanol–water partition coefficient (Wildman–Crippen LogP) is 7.52. The van der Waals surface area contributed by atoms with Crippen LogP contribution in [0, 0.1) is 27.2 Å². The summed E-state index contributed by atoms with van der Waals surface area (Å²) in [4.78, 5) is 64.9. The molecule has 6 aromatic rings. The van der Waals surface area contributed by atoms with Gasteiger partial charge in [-0.05, 0) is 66.6 Å². The molecule has 332 valence electrons. The minimum atomic E-state index is -4.39. The number of amides is 1. The van der Waals surface area contributed by atoms with Gasteiger partial charge in [0.05, 0.1) is 30.2 Å². The van der Waals surface area contributed by atoms with Crippen LogP contribution >= 0.6 is 7.60 Å². The van der Waals surface area contributed by atoms with E-state index in [1.165, 1.54) is 37.4 Å². The summed E-state index contributed by atoms with van der Waals surface area (Å²) in [5, 5.41) is 22.5. The van der Waals surface area contributed by atoms with Crippen molar-refractivity contribution in [1.82, 2.24) is 14.5 Å². The highest BCUT2D eigenvalue weighted by atomic mass is 31.2. The molecule has 5 aromatic carbocycles. The van der Waals surface area contributed by atoms with Gasteiger partial charge in [-0.1, -0.05) is 97.1 Å². The van der Waals surface area contributed by atoms with Gasteiger partial charge in [0, 0.05) is 36.0 Å². The Bertz CT molecular complexity index is 2610. The lowest BCUT2D eigenvalue weighted by atomic mass is 9.80. The summed E-state index contributed by atoms with van der Waals surface area (Å²) in [7, 11) is -2.84. The molecule has 0 saturated carbocycles. The topological polar surface area (TPSA) is 215 Å². The van der Waals surface area contributed by atoms with Gasteiger partial charge in [-0.3, -0.25) is 43.9 Å². The largest absolute Gasteiger partial charge is 0.497 e. The van der Waals surface area contributed by atoms with Crippen LogP contribution in [0.3, 0.4) is 0 Å². The summed E-state index contributed by atoms with van der Waals surface area (Å²) >= 11 is 0. The second-order valence-corrected chi connectivity index (χ2v) is 16.7. The monoisotopic (exact) mass is 891 g/mol. The lowest BCUT2D eigenvalue weighted by Crippen LogP contribution is -2.48. The van der Waals surface area contributed by atoms with Gasteiger partial charge in [0.2, 0.25) is 5.91 Å². The third kappa shape index (κ3) is 11.3. The molecule has 6 rings (SSSR count). The van der Waals surface area contributed by atoms with Crippen LogP contribution in [-0.2, 0) is 48.1 Å². The highest BCUT2D eigenvalue weighted by Crippen LogP contribution is 2.50. The Labute approximate surface area is 367 Å². The number of methoxy groups -OCH3 is 1. The van der Waals surface area contributed by atoms with Crippen molar-refractivity contribution in [2.24, 2.45) is 0 Å². The maximum absolute atomic E-state index is 15.2. The summed E-state index contributed by atoms with van der Waals surface area (Å²) in [5.74, 6) is -0.160. The van der Waals surface area contributed by atoms with Crippen LogP contribution in [-0.4, -0.2) is 63.0 Å². The Morgan fingerprint density at radius 2 is 1.22 bits per heavy atom. The molecule has 0 fully saturated rings. The second kappa shape index (κ2) is 20.9. The van der Waals surface area contributed by atoms with E-state index in [0.29, 0.717) is 33.6 Å². The standard InChI is InChI=1S/C46H46N5O12P/c1-33-30-48(45(54)47-44(33)53)31-43(52)49(34(2)63-46(37-10-6-4-7-11-37,38-12-8-5-9-13-38)39-18-24-42(60-3)25-19-39)32-64(59,61-28-26-35-14-20-40(21-15-35)50(55)56)62-29-27-36-16-22-41(23-17-36)51(57)58/h4-25,30,34H,26-29,31-32H2,1-3H3,(H,47,53,54). The second-order valence-electron chi connectivity index (χ2n) is 14.7. The van der Waals surface area contributed by atoms with Crippen LogP contribution in [0.2, 0.25) is 0 Å². The van der Waals surface area contributed by atoms with Gasteiger partial charge in [0.25, 0.3) is 16.9 Å². The molecule has 0 aliphatic carbocycles. The number of nitrogens with one attached hydrogen (secondary N) is 1. The van der Waals surface area contributed by atoms with Gasteiger partial charge in [-0.2, -0.15) is 0 Å². The zero-order chi connectivity index (χ0) is 45.9. The van der Waals surface area contributed by atoms with Gasteiger partial charge >= 0.3 is 13.3 Å². The van der Waals surface area contributed by atoms with Crippen molar-refractivity contribution >= 4 is 24.9 Å². The lowest BCUT2D eigenvalue weighted by Gasteiger charge is -2.41. The number of nitro benzene ring substituents is 2. The summed E-state index contributed by atoms with van der Waals surface area (Å²) in [6.45, 7) is 2.07. The minimum Gasteiger partial charge on any atom is -0.497 e. The van der Waals surface area contributed by atoms with E-state index in [2.05, 4.69) is 4.98 Å². The molecule has 1 aromatic heterocycles. The molecule has 0 aliphatic heterocycles. The van der Waals surface area contributed by atoms with E-state index in [0.717, 1.165) is 9.47 Å². The van der Waals surface area contributed by atoms with Gasteiger partial charge < -0.3 is 23.4 Å². The zero-order valence-corrected chi connectivity index (χ0v) is 36.1. The highest BCUT2D eigenvalue weighted by Gasteiger charge is 2.43. The van der Waals surface area contributed by atoms with Crippen LogP contribution < -0.4 is 16.0 Å². The average Bonchev–Trinajstić information content (AvgIpc) is 3.30. The number of benzene rings is 5. The molecule has 1 N–H and O–H groups in total. The molecule has 0 spiro atoms. The number of carbonyl (C=O) groups is 1. The number of aryl methyl sites for hydroxylation is 1. The molecule has 1 atom stereocenters. The fourth-order valence-electron chi connectivity index (χ4n) is 7.04. The fraction of sp³-hybridized carbons (Fsp3) is 0.239. The summed E-state index contributed by atoms with van der Waals surface area (Å²) in [5.41, 5.74) is 0.346. The summed E-state index contributed by atoms with van der Waals surface area (Å²) < 4.78 is 41.0. The first-order chi connectivity index (χ1) is 30.7. The van der Waals surface area contributed by atoms with Crippen LogP contribution in [0.25, 0.3) is 0 Å². The molecule has 0 bridgehead atoms. The molecule has 1 heterocycles. The van der Waals surface area contributed by atoms with Crippen LogP contribution in [0.4, 0.5) is 11.4 Å². The normalized spacial score (nSPS) is 12.0. The SMILES string of the molecule is COc1ccc(C(OC(C)N(CP(=O)(OCCc2ccc([N+](=O)[O-])cc2)OCCc2ccc([N+](=O)[O-])cc2)C(=O)Cn2cc(C)c(=O)[nH]c2=O)(c2ccccc2)c2ccccc2)cc1. The van der Waals surface area contributed by atoms with Crippen LogP contribution in [0.15, 0.2) is 149 Å². The van der Waals surface area contributed by atoms with E-state index >= 15 is 4.57 Å². The molecule has 0 aliphatic rings. The number of non-ortho nitro benzene ring substituents is 2. The van der Waals surface area contributed by atoms with Crippen molar-refractivity contribution in [2.45, 2.75) is 45.1 Å². The number of aromatic amines is 1. The number of nitro groups is 2. The molecule has 1 unspecified atom stereocenters. The lowest BCUT2D eigenvalue weighted by molar-refractivity contribution is -0.385. The van der Waals surface area contributed by atoms with E-state index in [1.807, 2.05) is 72.8 Å². The summed E-state index contributed by atoms with van der Waals surface area (Å²) in [6, 6.07) is 37.4. The number of hydrogen-bond donors (Lipinski definition) is 1. The smallest absolute Gasteiger partial charge is 0.349 e. The molecular weight excluding hydrogens is 846 g/mol. The Morgan fingerprint density at radius 1 is 0.750 bits per heavy atom. The molecule has 17 nitrogen and oxygen atoms in total. The average molecular weight is 892 g/mol. The van der Waals surface area contributed by atoms with E-state index in [1.54, 1.807) is 50.4 Å². The Morgan fingerprint density at radius 3 is 1.67 bits per heavy atom. The first-order valence-electron chi connectivity index (χ1n) is 20.1. The first-order valence-corrected chi connectivity index (χ1v) is 21.8. The first kappa shape index (κ1) is 46.5. The van der Waals surface area contributed by atoms with Crippen molar-refractivity contribution < 1.29 is 37.7 Å². The maximum Gasteiger partial charge on any atom is 0.349 e.